The summed E-state index contributed by atoms with van der Waals surface area (Å²) in [4.78, 5) is 3.56. The average Bonchev–Trinajstić information content (AvgIpc) is 2.96. The minimum Gasteiger partial charge on any atom is -0.497 e. The van der Waals surface area contributed by atoms with Gasteiger partial charge in [0.15, 0.2) is 0 Å². The second-order valence-corrected chi connectivity index (χ2v) is 8.10. The van der Waals surface area contributed by atoms with Crippen LogP contribution in [0.2, 0.25) is 0 Å². The summed E-state index contributed by atoms with van der Waals surface area (Å²) in [5, 5.41) is 1.05. The number of aryl methyl sites for hydroxylation is 1. The van der Waals surface area contributed by atoms with Gasteiger partial charge in [0.1, 0.15) is 5.75 Å². The molecule has 7 heteroatoms. The third kappa shape index (κ3) is 3.87. The minimum atomic E-state index is -3.55. The number of fused-ring (bicyclic) bond motifs is 1. The molecular weight excluding hydrogens is 372 g/mol. The Hall–Kier alpha value is -2.02. The van der Waals surface area contributed by atoms with Crippen molar-refractivity contribution in [3.05, 3.63) is 59.3 Å². The predicted octanol–water partition coefficient (Wildman–Crippen LogP) is 3.74. The Kier molecular flexibility index (Phi) is 5.55. The van der Waals surface area contributed by atoms with Crippen LogP contribution in [0, 0.1) is 6.92 Å². The first-order valence-electron chi connectivity index (χ1n) is 8.24. The highest BCUT2D eigenvalue weighted by molar-refractivity contribution is 7.89. The lowest BCUT2D eigenvalue weighted by Crippen LogP contribution is -2.26. The van der Waals surface area contributed by atoms with Crippen molar-refractivity contribution < 1.29 is 13.2 Å². The molecule has 1 aromatic heterocycles. The molecule has 0 fully saturated rings. The van der Waals surface area contributed by atoms with E-state index in [1.807, 2.05) is 25.1 Å². The number of methoxy groups -OCH3 is 1. The largest absolute Gasteiger partial charge is 0.497 e. The van der Waals surface area contributed by atoms with Crippen molar-refractivity contribution >= 4 is 32.5 Å². The molecule has 0 saturated heterocycles. The fraction of sp³-hybridized carbons (Fsp3) is 0.263. The van der Waals surface area contributed by atoms with Crippen molar-refractivity contribution in [3.63, 3.8) is 0 Å². The summed E-state index contributed by atoms with van der Waals surface area (Å²) in [6.07, 6.45) is 0.581. The van der Waals surface area contributed by atoms with E-state index >= 15 is 0 Å². The fourth-order valence-corrected chi connectivity index (χ4v) is 4.17. The molecule has 26 heavy (non-hydrogen) atoms. The molecule has 0 amide bonds. The van der Waals surface area contributed by atoms with Crippen molar-refractivity contribution in [1.29, 1.82) is 0 Å². The first kappa shape index (κ1) is 18.8. The minimum absolute atomic E-state index is 0.240. The summed E-state index contributed by atoms with van der Waals surface area (Å²) in [5.74, 6) is 1.13. The fourth-order valence-electron chi connectivity index (χ4n) is 2.96. The maximum atomic E-state index is 12.4. The normalized spacial score (nSPS) is 11.8. The van der Waals surface area contributed by atoms with Crippen LogP contribution in [-0.4, -0.2) is 27.1 Å². The van der Waals surface area contributed by atoms with E-state index in [1.54, 1.807) is 31.4 Å². The standard InChI is InChI=1S/C19H21ClN2O3S/c1-13-17(18-11-15(25-2)5-8-19(18)22-13)9-10-21-26(23,24)16-6-3-14(12-20)4-7-16/h3-8,11,21-22H,9-10,12H2,1-2H3. The Morgan fingerprint density at radius 2 is 1.88 bits per heavy atom. The molecule has 0 aliphatic rings. The van der Waals surface area contributed by atoms with E-state index in [4.69, 9.17) is 16.3 Å². The third-order valence-corrected chi connectivity index (χ3v) is 6.17. The van der Waals surface area contributed by atoms with Crippen molar-refractivity contribution in [2.24, 2.45) is 0 Å². The summed E-state index contributed by atoms with van der Waals surface area (Å²) in [7, 11) is -1.92. The van der Waals surface area contributed by atoms with Gasteiger partial charge in [-0.15, -0.1) is 11.6 Å². The second-order valence-electron chi connectivity index (χ2n) is 6.07. The molecule has 2 N–H and O–H groups in total. The molecule has 0 radical (unpaired) electrons. The number of benzene rings is 2. The molecule has 3 rings (SSSR count). The summed E-state index contributed by atoms with van der Waals surface area (Å²) in [5.41, 5.74) is 4.00. The van der Waals surface area contributed by atoms with Gasteiger partial charge < -0.3 is 9.72 Å². The summed E-state index contributed by atoms with van der Waals surface area (Å²) >= 11 is 5.74. The predicted molar refractivity (Wildman–Crippen MR) is 104 cm³/mol. The van der Waals surface area contributed by atoms with Crippen LogP contribution in [0.5, 0.6) is 5.75 Å². The molecule has 0 atom stereocenters. The zero-order valence-corrected chi connectivity index (χ0v) is 16.2. The van der Waals surface area contributed by atoms with E-state index in [0.29, 0.717) is 18.8 Å². The average molecular weight is 393 g/mol. The van der Waals surface area contributed by atoms with Gasteiger partial charge in [-0.1, -0.05) is 12.1 Å². The number of sulfonamides is 1. The third-order valence-electron chi connectivity index (χ3n) is 4.38. The van der Waals surface area contributed by atoms with Gasteiger partial charge >= 0.3 is 0 Å². The molecule has 0 bridgehead atoms. The smallest absolute Gasteiger partial charge is 0.240 e. The number of ether oxygens (including phenoxy) is 1. The quantitative estimate of drug-likeness (QED) is 0.601. The molecule has 0 spiro atoms. The van der Waals surface area contributed by atoms with Crippen LogP contribution in [0.1, 0.15) is 16.8 Å². The van der Waals surface area contributed by atoms with Crippen LogP contribution in [0.15, 0.2) is 47.4 Å². The number of alkyl halides is 1. The monoisotopic (exact) mass is 392 g/mol. The number of halogens is 1. The Bertz CT molecular complexity index is 1010. The molecule has 138 valence electrons. The lowest BCUT2D eigenvalue weighted by atomic mass is 10.1. The van der Waals surface area contributed by atoms with Crippen LogP contribution in [0.3, 0.4) is 0 Å². The maximum Gasteiger partial charge on any atom is 0.240 e. The van der Waals surface area contributed by atoms with Gasteiger partial charge in [0.2, 0.25) is 10.0 Å². The van der Waals surface area contributed by atoms with Crippen LogP contribution in [0.4, 0.5) is 0 Å². The SMILES string of the molecule is COc1ccc2[nH]c(C)c(CCNS(=O)(=O)c3ccc(CCl)cc3)c2c1. The number of aromatic amines is 1. The zero-order chi connectivity index (χ0) is 18.7. The topological polar surface area (TPSA) is 71.2 Å². The molecule has 0 unspecified atom stereocenters. The number of hydrogen-bond donors (Lipinski definition) is 2. The van der Waals surface area contributed by atoms with E-state index in [-0.39, 0.29) is 4.90 Å². The van der Waals surface area contributed by atoms with Crippen molar-refractivity contribution in [1.82, 2.24) is 9.71 Å². The second kappa shape index (κ2) is 7.70. The van der Waals surface area contributed by atoms with Gasteiger partial charge in [-0.25, -0.2) is 13.1 Å². The van der Waals surface area contributed by atoms with Gasteiger partial charge in [-0.3, -0.25) is 0 Å². The van der Waals surface area contributed by atoms with E-state index in [2.05, 4.69) is 9.71 Å². The number of aromatic nitrogens is 1. The van der Waals surface area contributed by atoms with Crippen molar-refractivity contribution in [3.8, 4) is 5.75 Å². The summed E-state index contributed by atoms with van der Waals surface area (Å²) < 4.78 is 32.8. The van der Waals surface area contributed by atoms with Crippen LogP contribution in [-0.2, 0) is 22.3 Å². The molecule has 5 nitrogen and oxygen atoms in total. The maximum absolute atomic E-state index is 12.4. The van der Waals surface area contributed by atoms with Crippen molar-refractivity contribution in [2.75, 3.05) is 13.7 Å². The molecule has 3 aromatic rings. The van der Waals surface area contributed by atoms with E-state index in [1.165, 1.54) is 0 Å². The lowest BCUT2D eigenvalue weighted by Gasteiger charge is -2.08. The van der Waals surface area contributed by atoms with Gasteiger partial charge in [0.05, 0.1) is 12.0 Å². The first-order valence-corrected chi connectivity index (χ1v) is 10.3. The first-order chi connectivity index (χ1) is 12.4. The zero-order valence-electron chi connectivity index (χ0n) is 14.7. The Morgan fingerprint density at radius 3 is 2.54 bits per heavy atom. The van der Waals surface area contributed by atoms with E-state index in [9.17, 15) is 8.42 Å². The molecule has 0 saturated carbocycles. The lowest BCUT2D eigenvalue weighted by molar-refractivity contribution is 0.415. The number of H-pyrrole nitrogens is 1. The van der Waals surface area contributed by atoms with Gasteiger partial charge in [-0.2, -0.15) is 0 Å². The van der Waals surface area contributed by atoms with E-state index < -0.39 is 10.0 Å². The summed E-state index contributed by atoms with van der Waals surface area (Å²) in [6, 6.07) is 12.4. The highest BCUT2D eigenvalue weighted by atomic mass is 35.5. The summed E-state index contributed by atoms with van der Waals surface area (Å²) in [6.45, 7) is 2.30. The highest BCUT2D eigenvalue weighted by Gasteiger charge is 2.15. The number of nitrogens with one attached hydrogen (secondary N) is 2. The van der Waals surface area contributed by atoms with Crippen LogP contribution < -0.4 is 9.46 Å². The van der Waals surface area contributed by atoms with Crippen LogP contribution >= 0.6 is 11.6 Å². The van der Waals surface area contributed by atoms with E-state index in [0.717, 1.165) is 33.5 Å². The van der Waals surface area contributed by atoms with Crippen LogP contribution in [0.25, 0.3) is 10.9 Å². The number of hydrogen-bond acceptors (Lipinski definition) is 3. The highest BCUT2D eigenvalue weighted by Crippen LogP contribution is 2.26. The van der Waals surface area contributed by atoms with Gasteiger partial charge in [0.25, 0.3) is 0 Å². The number of rotatable bonds is 7. The molecule has 0 aliphatic heterocycles. The van der Waals surface area contributed by atoms with Crippen molar-refractivity contribution in [2.45, 2.75) is 24.1 Å². The Balaban J connectivity index is 1.74. The van der Waals surface area contributed by atoms with Gasteiger partial charge in [-0.05, 0) is 54.8 Å². The molecule has 1 heterocycles. The molecule has 0 aliphatic carbocycles. The molecule has 2 aromatic carbocycles. The molecular formula is C19H21ClN2O3S. The Labute approximate surface area is 158 Å². The Morgan fingerprint density at radius 1 is 1.15 bits per heavy atom. The van der Waals surface area contributed by atoms with Gasteiger partial charge in [0, 0.05) is 29.0 Å².